The molecule has 1 unspecified atom stereocenters. The van der Waals surface area contributed by atoms with Crippen LogP contribution in [0.5, 0.6) is 11.5 Å². The third-order valence-electron chi connectivity index (χ3n) is 4.76. The summed E-state index contributed by atoms with van der Waals surface area (Å²) in [5.41, 5.74) is 1.94. The number of hydrogen-bond acceptors (Lipinski definition) is 6. The Balaban J connectivity index is 1.38. The molecule has 2 aliphatic rings. The fraction of sp³-hybridized carbons (Fsp3) is 0.389. The molecule has 5 rings (SSSR count). The lowest BCUT2D eigenvalue weighted by Crippen LogP contribution is -2.33. The van der Waals surface area contributed by atoms with Crippen molar-refractivity contribution in [1.82, 2.24) is 19.8 Å². The molecule has 1 aliphatic carbocycles. The van der Waals surface area contributed by atoms with Gasteiger partial charge in [0.25, 0.3) is 0 Å². The van der Waals surface area contributed by atoms with Crippen molar-refractivity contribution in [2.75, 3.05) is 19.0 Å². The molecule has 1 saturated carbocycles. The molecule has 1 N–H and O–H groups in total. The van der Waals surface area contributed by atoms with Crippen molar-refractivity contribution < 1.29 is 9.47 Å². The molecular formula is C18H19N5O2. The molecule has 128 valence electrons. The number of fused-ring (bicyclic) bond motifs is 2. The SMILES string of the molecule is COc1cccc2c1OCC(Nc1ccc3nnc(C4CC4)n3n1)C2. The molecule has 3 heterocycles. The van der Waals surface area contributed by atoms with Gasteiger partial charge in [-0.3, -0.25) is 0 Å². The van der Waals surface area contributed by atoms with Crippen molar-refractivity contribution in [3.05, 3.63) is 41.7 Å². The molecule has 1 fully saturated rings. The summed E-state index contributed by atoms with van der Waals surface area (Å²) >= 11 is 0. The zero-order valence-electron chi connectivity index (χ0n) is 14.0. The van der Waals surface area contributed by atoms with Crippen LogP contribution in [0.15, 0.2) is 30.3 Å². The van der Waals surface area contributed by atoms with Crippen LogP contribution in [-0.2, 0) is 6.42 Å². The van der Waals surface area contributed by atoms with Crippen LogP contribution in [0.2, 0.25) is 0 Å². The lowest BCUT2D eigenvalue weighted by atomic mass is 10.0. The van der Waals surface area contributed by atoms with E-state index in [4.69, 9.17) is 9.47 Å². The van der Waals surface area contributed by atoms with Gasteiger partial charge >= 0.3 is 0 Å². The summed E-state index contributed by atoms with van der Waals surface area (Å²) < 4.78 is 13.2. The number of rotatable bonds is 4. The molecule has 0 amide bonds. The highest BCUT2D eigenvalue weighted by Crippen LogP contribution is 2.39. The Morgan fingerprint density at radius 3 is 2.96 bits per heavy atom. The van der Waals surface area contributed by atoms with Gasteiger partial charge in [-0.2, -0.15) is 4.52 Å². The second-order valence-corrected chi connectivity index (χ2v) is 6.63. The number of methoxy groups -OCH3 is 1. The normalized spacial score (nSPS) is 19.3. The lowest BCUT2D eigenvalue weighted by Gasteiger charge is -2.27. The minimum atomic E-state index is 0.158. The first-order valence-corrected chi connectivity index (χ1v) is 8.59. The van der Waals surface area contributed by atoms with Crippen LogP contribution in [0.4, 0.5) is 5.82 Å². The van der Waals surface area contributed by atoms with Crippen molar-refractivity contribution in [2.45, 2.75) is 31.2 Å². The summed E-state index contributed by atoms with van der Waals surface area (Å²) in [5.74, 6) is 3.92. The monoisotopic (exact) mass is 337 g/mol. The summed E-state index contributed by atoms with van der Waals surface area (Å²) in [6.45, 7) is 0.574. The van der Waals surface area contributed by atoms with Crippen molar-refractivity contribution in [3.8, 4) is 11.5 Å². The Morgan fingerprint density at radius 1 is 1.20 bits per heavy atom. The number of aromatic nitrogens is 4. The fourth-order valence-electron chi connectivity index (χ4n) is 3.34. The molecule has 1 atom stereocenters. The highest BCUT2D eigenvalue weighted by Gasteiger charge is 2.29. The first kappa shape index (κ1) is 14.5. The Morgan fingerprint density at radius 2 is 2.12 bits per heavy atom. The Bertz CT molecular complexity index is 934. The molecule has 0 bridgehead atoms. The van der Waals surface area contributed by atoms with E-state index in [1.807, 2.05) is 28.8 Å². The summed E-state index contributed by atoms with van der Waals surface area (Å²) in [7, 11) is 1.67. The molecule has 1 aromatic carbocycles. The van der Waals surface area contributed by atoms with Gasteiger partial charge in [-0.25, -0.2) is 0 Å². The van der Waals surface area contributed by atoms with Gasteiger partial charge < -0.3 is 14.8 Å². The van der Waals surface area contributed by atoms with Crippen LogP contribution in [0, 0.1) is 0 Å². The molecule has 0 spiro atoms. The smallest absolute Gasteiger partial charge is 0.178 e. The molecule has 1 aliphatic heterocycles. The molecule has 7 nitrogen and oxygen atoms in total. The van der Waals surface area contributed by atoms with Gasteiger partial charge in [0, 0.05) is 11.5 Å². The number of anilines is 1. The van der Waals surface area contributed by atoms with E-state index in [1.165, 1.54) is 12.8 Å². The summed E-state index contributed by atoms with van der Waals surface area (Å²) in [6.07, 6.45) is 3.22. The van der Waals surface area contributed by atoms with Gasteiger partial charge in [-0.05, 0) is 37.5 Å². The Kier molecular flexibility index (Phi) is 3.26. The van der Waals surface area contributed by atoms with Crippen LogP contribution in [-0.4, -0.2) is 39.6 Å². The van der Waals surface area contributed by atoms with Crippen LogP contribution >= 0.6 is 0 Å². The van der Waals surface area contributed by atoms with Crippen LogP contribution in [0.1, 0.15) is 30.1 Å². The standard InChI is InChI=1S/C18H19N5O2/c1-24-14-4-2-3-12-9-13(10-25-17(12)14)19-15-7-8-16-20-21-18(11-5-6-11)23(16)22-15/h2-4,7-8,11,13H,5-6,9-10H2,1H3,(H,19,22). The van der Waals surface area contributed by atoms with Crippen LogP contribution in [0.3, 0.4) is 0 Å². The number of para-hydroxylation sites is 1. The molecule has 0 saturated heterocycles. The summed E-state index contributed by atoms with van der Waals surface area (Å²) in [4.78, 5) is 0. The van der Waals surface area contributed by atoms with Gasteiger partial charge in [-0.1, -0.05) is 12.1 Å². The van der Waals surface area contributed by atoms with E-state index in [2.05, 4.69) is 26.7 Å². The molecular weight excluding hydrogens is 318 g/mol. The zero-order valence-corrected chi connectivity index (χ0v) is 14.0. The minimum absolute atomic E-state index is 0.158. The molecule has 7 heteroatoms. The number of ether oxygens (including phenoxy) is 2. The molecule has 0 radical (unpaired) electrons. The van der Waals surface area contributed by atoms with E-state index in [1.54, 1.807) is 7.11 Å². The van der Waals surface area contributed by atoms with Gasteiger partial charge in [0.2, 0.25) is 0 Å². The quantitative estimate of drug-likeness (QED) is 0.788. The summed E-state index contributed by atoms with van der Waals surface area (Å²) in [6, 6.07) is 10.1. The van der Waals surface area contributed by atoms with Crippen LogP contribution < -0.4 is 14.8 Å². The maximum atomic E-state index is 5.93. The first-order chi connectivity index (χ1) is 12.3. The summed E-state index contributed by atoms with van der Waals surface area (Å²) in [5, 5.41) is 16.6. The fourth-order valence-corrected chi connectivity index (χ4v) is 3.34. The lowest BCUT2D eigenvalue weighted by molar-refractivity contribution is 0.256. The van der Waals surface area contributed by atoms with Gasteiger partial charge in [0.05, 0.1) is 13.2 Å². The van der Waals surface area contributed by atoms with Crippen molar-refractivity contribution in [1.29, 1.82) is 0 Å². The van der Waals surface area contributed by atoms with Crippen molar-refractivity contribution in [3.63, 3.8) is 0 Å². The van der Waals surface area contributed by atoms with Crippen LogP contribution in [0.25, 0.3) is 5.65 Å². The van der Waals surface area contributed by atoms with E-state index >= 15 is 0 Å². The van der Waals surface area contributed by atoms with E-state index < -0.39 is 0 Å². The number of hydrogen-bond donors (Lipinski definition) is 1. The maximum Gasteiger partial charge on any atom is 0.178 e. The number of nitrogens with one attached hydrogen (secondary N) is 1. The predicted octanol–water partition coefficient (Wildman–Crippen LogP) is 2.43. The average Bonchev–Trinajstić information content (AvgIpc) is 3.40. The third kappa shape index (κ3) is 2.56. The second-order valence-electron chi connectivity index (χ2n) is 6.63. The second kappa shape index (κ2) is 5.61. The highest BCUT2D eigenvalue weighted by molar-refractivity contribution is 5.50. The van der Waals surface area contributed by atoms with Gasteiger partial charge in [-0.15, -0.1) is 15.3 Å². The largest absolute Gasteiger partial charge is 0.493 e. The van der Waals surface area contributed by atoms with E-state index in [9.17, 15) is 0 Å². The first-order valence-electron chi connectivity index (χ1n) is 8.59. The minimum Gasteiger partial charge on any atom is -0.493 e. The number of benzene rings is 1. The predicted molar refractivity (Wildman–Crippen MR) is 92.4 cm³/mol. The maximum absolute atomic E-state index is 5.93. The number of nitrogens with zero attached hydrogens (tertiary/aromatic N) is 4. The Hall–Kier alpha value is -2.83. The average molecular weight is 337 g/mol. The topological polar surface area (TPSA) is 73.6 Å². The zero-order chi connectivity index (χ0) is 16.8. The van der Waals surface area contributed by atoms with Gasteiger partial charge in [0.1, 0.15) is 12.4 Å². The molecule has 3 aromatic rings. The van der Waals surface area contributed by atoms with E-state index in [-0.39, 0.29) is 6.04 Å². The Labute approximate surface area is 145 Å². The van der Waals surface area contributed by atoms with Crippen molar-refractivity contribution in [2.24, 2.45) is 0 Å². The van der Waals surface area contributed by atoms with Crippen molar-refractivity contribution >= 4 is 11.5 Å². The highest BCUT2D eigenvalue weighted by atomic mass is 16.5. The molecule has 25 heavy (non-hydrogen) atoms. The third-order valence-corrected chi connectivity index (χ3v) is 4.76. The van der Waals surface area contributed by atoms with E-state index in [0.29, 0.717) is 12.5 Å². The molecule has 2 aromatic heterocycles. The van der Waals surface area contributed by atoms with Gasteiger partial charge in [0.15, 0.2) is 23.0 Å². The van der Waals surface area contributed by atoms with E-state index in [0.717, 1.165) is 40.8 Å².